The molecule has 0 saturated carbocycles. The van der Waals surface area contributed by atoms with Crippen LogP contribution in [0.15, 0.2) is 24.3 Å². The fourth-order valence-corrected chi connectivity index (χ4v) is 7.17. The molecule has 0 radical (unpaired) electrons. The van der Waals surface area contributed by atoms with Gasteiger partial charge in [0.1, 0.15) is 13.2 Å². The molecule has 0 aromatic heterocycles. The van der Waals surface area contributed by atoms with Crippen LogP contribution in [0.2, 0.25) is 0 Å². The second-order valence-corrected chi connectivity index (χ2v) is 16.7. The molecule has 0 spiro atoms. The minimum Gasteiger partial charge on any atom is -0.462 e. The molecule has 0 aliphatic carbocycles. The average Bonchev–Trinajstić information content (AvgIpc) is 3.21. The fourth-order valence-electron chi connectivity index (χ4n) is 7.17. The first-order valence-corrected chi connectivity index (χ1v) is 24.8. The van der Waals surface area contributed by atoms with Crippen molar-refractivity contribution in [1.29, 1.82) is 0 Å². The topological polar surface area (TPSA) is 78.9 Å². The maximum absolute atomic E-state index is 12.7. The Hall–Kier alpha value is -2.11. The normalized spacial score (nSPS) is 12.1. The number of carbonyl (C=O) groups is 3. The third-order valence-electron chi connectivity index (χ3n) is 11.0. The Morgan fingerprint density at radius 3 is 1.02 bits per heavy atom. The zero-order valence-corrected chi connectivity index (χ0v) is 38.1. The van der Waals surface area contributed by atoms with Crippen LogP contribution in [0.4, 0.5) is 0 Å². The van der Waals surface area contributed by atoms with Crippen LogP contribution in [0.25, 0.3) is 0 Å². The van der Waals surface area contributed by atoms with Gasteiger partial charge in [0, 0.05) is 19.3 Å². The molecule has 334 valence electrons. The molecule has 0 aromatic carbocycles. The lowest BCUT2D eigenvalue weighted by Crippen LogP contribution is -2.30. The third-order valence-corrected chi connectivity index (χ3v) is 11.0. The fraction of sp³-hybridized carbons (Fsp3) is 0.863. The second kappa shape index (κ2) is 46.6. The van der Waals surface area contributed by atoms with E-state index in [2.05, 4.69) is 45.1 Å². The Morgan fingerprint density at radius 1 is 0.351 bits per heavy atom. The summed E-state index contributed by atoms with van der Waals surface area (Å²) in [5.74, 6) is -0.883. The number of ether oxygens (including phenoxy) is 3. The van der Waals surface area contributed by atoms with Crippen LogP contribution in [0, 0.1) is 0 Å². The first-order chi connectivity index (χ1) is 28.0. The van der Waals surface area contributed by atoms with Crippen molar-refractivity contribution in [2.45, 2.75) is 271 Å². The molecular formula is C51H94O6. The summed E-state index contributed by atoms with van der Waals surface area (Å²) in [5.41, 5.74) is 0. The maximum Gasteiger partial charge on any atom is 0.306 e. The highest BCUT2D eigenvalue weighted by Crippen LogP contribution is 2.16. The van der Waals surface area contributed by atoms with Crippen LogP contribution in [0.5, 0.6) is 0 Å². The molecule has 0 heterocycles. The van der Waals surface area contributed by atoms with Gasteiger partial charge in [-0.2, -0.15) is 0 Å². The largest absolute Gasteiger partial charge is 0.462 e. The van der Waals surface area contributed by atoms with E-state index >= 15 is 0 Å². The van der Waals surface area contributed by atoms with Crippen molar-refractivity contribution in [2.75, 3.05) is 13.2 Å². The van der Waals surface area contributed by atoms with Gasteiger partial charge in [0.25, 0.3) is 0 Å². The molecule has 6 nitrogen and oxygen atoms in total. The molecular weight excluding hydrogens is 709 g/mol. The Bertz CT molecular complexity index is 927. The van der Waals surface area contributed by atoms with Crippen molar-refractivity contribution < 1.29 is 28.6 Å². The van der Waals surface area contributed by atoms with Gasteiger partial charge in [-0.1, -0.05) is 225 Å². The summed E-state index contributed by atoms with van der Waals surface area (Å²) in [4.78, 5) is 37.7. The van der Waals surface area contributed by atoms with Crippen LogP contribution < -0.4 is 0 Å². The molecule has 57 heavy (non-hydrogen) atoms. The van der Waals surface area contributed by atoms with Gasteiger partial charge >= 0.3 is 17.9 Å². The summed E-state index contributed by atoms with van der Waals surface area (Å²) in [7, 11) is 0. The van der Waals surface area contributed by atoms with E-state index in [0.717, 1.165) is 83.5 Å². The van der Waals surface area contributed by atoms with E-state index in [1.54, 1.807) is 0 Å². The smallest absolute Gasteiger partial charge is 0.306 e. The van der Waals surface area contributed by atoms with Crippen LogP contribution in [-0.4, -0.2) is 37.2 Å². The molecule has 6 heteroatoms. The summed E-state index contributed by atoms with van der Waals surface area (Å²) >= 11 is 0. The quantitative estimate of drug-likeness (QED) is 0.0264. The van der Waals surface area contributed by atoms with E-state index in [1.807, 2.05) is 0 Å². The molecule has 0 saturated heterocycles. The van der Waals surface area contributed by atoms with Gasteiger partial charge in [-0.25, -0.2) is 0 Å². The lowest BCUT2D eigenvalue weighted by molar-refractivity contribution is -0.167. The van der Waals surface area contributed by atoms with E-state index in [0.29, 0.717) is 19.3 Å². The molecule has 0 fully saturated rings. The summed E-state index contributed by atoms with van der Waals surface area (Å²) in [6, 6.07) is 0. The first-order valence-electron chi connectivity index (χ1n) is 24.8. The van der Waals surface area contributed by atoms with Crippen LogP contribution in [0.1, 0.15) is 265 Å². The summed E-state index contributed by atoms with van der Waals surface area (Å²) in [6.07, 6.45) is 51.7. The van der Waals surface area contributed by atoms with Crippen molar-refractivity contribution in [3.8, 4) is 0 Å². The molecule has 0 aliphatic rings. The van der Waals surface area contributed by atoms with Crippen LogP contribution in [0.3, 0.4) is 0 Å². The Morgan fingerprint density at radius 2 is 0.649 bits per heavy atom. The van der Waals surface area contributed by atoms with E-state index in [1.165, 1.54) is 141 Å². The van der Waals surface area contributed by atoms with Crippen molar-refractivity contribution in [2.24, 2.45) is 0 Å². The Kier molecular flexibility index (Phi) is 44.9. The first kappa shape index (κ1) is 54.9. The highest BCUT2D eigenvalue weighted by atomic mass is 16.6. The van der Waals surface area contributed by atoms with Crippen molar-refractivity contribution in [3.63, 3.8) is 0 Å². The highest BCUT2D eigenvalue weighted by Gasteiger charge is 2.19. The molecule has 1 atom stereocenters. The number of allylic oxidation sites excluding steroid dienone is 4. The maximum atomic E-state index is 12.7. The number of carbonyl (C=O) groups excluding carboxylic acids is 3. The van der Waals surface area contributed by atoms with Crippen molar-refractivity contribution >= 4 is 17.9 Å². The molecule has 0 aromatic rings. The molecule has 0 rings (SSSR count). The van der Waals surface area contributed by atoms with Crippen LogP contribution in [-0.2, 0) is 28.6 Å². The Balaban J connectivity index is 4.23. The standard InChI is InChI=1S/C51H94O6/c1-4-7-10-13-16-18-20-22-24-25-26-27-29-30-32-35-38-41-44-50(53)56-47-48(46-55-49(52)43-40-37-34-15-12-9-6-3)57-51(54)45-42-39-36-33-31-28-23-21-19-17-14-11-8-5-2/h14,17,21,23,48H,4-13,15-16,18-20,22,24-47H2,1-3H3/b17-14-,23-21-. The molecule has 0 amide bonds. The number of rotatable bonds is 45. The van der Waals surface area contributed by atoms with Gasteiger partial charge in [0.2, 0.25) is 0 Å². The Labute approximate surface area is 353 Å². The number of hydrogen-bond acceptors (Lipinski definition) is 6. The summed E-state index contributed by atoms with van der Waals surface area (Å²) in [6.45, 7) is 6.57. The number of esters is 3. The second-order valence-electron chi connectivity index (χ2n) is 16.7. The van der Waals surface area contributed by atoms with Crippen molar-refractivity contribution in [1.82, 2.24) is 0 Å². The zero-order chi connectivity index (χ0) is 41.5. The molecule has 0 bridgehead atoms. The average molecular weight is 803 g/mol. The molecule has 0 N–H and O–H groups in total. The van der Waals surface area contributed by atoms with Gasteiger partial charge < -0.3 is 14.2 Å². The number of unbranched alkanes of at least 4 members (excludes halogenated alkanes) is 30. The van der Waals surface area contributed by atoms with E-state index in [4.69, 9.17) is 14.2 Å². The monoisotopic (exact) mass is 803 g/mol. The lowest BCUT2D eigenvalue weighted by Gasteiger charge is -2.18. The van der Waals surface area contributed by atoms with Gasteiger partial charge in [0.15, 0.2) is 6.10 Å². The van der Waals surface area contributed by atoms with Gasteiger partial charge in [-0.05, 0) is 44.9 Å². The molecule has 0 aliphatic heterocycles. The van der Waals surface area contributed by atoms with E-state index in [9.17, 15) is 14.4 Å². The van der Waals surface area contributed by atoms with E-state index < -0.39 is 6.10 Å². The third kappa shape index (κ3) is 44.8. The predicted molar refractivity (Wildman–Crippen MR) is 243 cm³/mol. The highest BCUT2D eigenvalue weighted by molar-refractivity contribution is 5.71. The van der Waals surface area contributed by atoms with Gasteiger partial charge in [0.05, 0.1) is 0 Å². The predicted octanol–water partition coefficient (Wildman–Crippen LogP) is 16.0. The molecule has 1 unspecified atom stereocenters. The minimum atomic E-state index is -0.770. The number of hydrogen-bond donors (Lipinski definition) is 0. The zero-order valence-electron chi connectivity index (χ0n) is 38.1. The SMILES string of the molecule is CCCC/C=C\C/C=C\CCCCCCCC(=O)OC(COC(=O)CCCCCCCCC)COC(=O)CCCCCCCCCCCCCCCCCCCC. The van der Waals surface area contributed by atoms with Gasteiger partial charge in [-0.15, -0.1) is 0 Å². The van der Waals surface area contributed by atoms with Gasteiger partial charge in [-0.3, -0.25) is 14.4 Å². The van der Waals surface area contributed by atoms with Crippen LogP contribution >= 0.6 is 0 Å². The minimum absolute atomic E-state index is 0.0730. The lowest BCUT2D eigenvalue weighted by atomic mass is 10.0. The van der Waals surface area contributed by atoms with Crippen molar-refractivity contribution in [3.05, 3.63) is 24.3 Å². The summed E-state index contributed by atoms with van der Waals surface area (Å²) in [5, 5.41) is 0. The van der Waals surface area contributed by atoms with E-state index in [-0.39, 0.29) is 31.1 Å². The summed E-state index contributed by atoms with van der Waals surface area (Å²) < 4.78 is 16.7.